The van der Waals surface area contributed by atoms with E-state index in [1.807, 2.05) is 0 Å². The molecular weight excluding hydrogens is 286 g/mol. The second-order valence-electron chi connectivity index (χ2n) is 6.12. The van der Waals surface area contributed by atoms with E-state index in [4.69, 9.17) is 0 Å². The molecule has 0 aliphatic heterocycles. The van der Waals surface area contributed by atoms with Crippen molar-refractivity contribution in [2.45, 2.75) is 34.1 Å². The lowest BCUT2D eigenvalue weighted by atomic mass is 9.82. The van der Waals surface area contributed by atoms with Crippen LogP contribution in [-0.4, -0.2) is 18.9 Å². The minimum Gasteiger partial charge on any atom is -0.374 e. The van der Waals surface area contributed by atoms with Crippen LogP contribution in [0.4, 0.5) is 5.69 Å². The Kier molecular flexibility index (Phi) is 5.71. The number of alkyl halides is 1. The SMILES string of the molecule is CCc1ccc(N(C)CC(CBr)C(C)(C)C)cc1. The van der Waals surface area contributed by atoms with Crippen molar-refractivity contribution in [2.24, 2.45) is 11.3 Å². The van der Waals surface area contributed by atoms with Gasteiger partial charge in [0.05, 0.1) is 0 Å². The molecule has 0 aromatic heterocycles. The first kappa shape index (κ1) is 15.6. The van der Waals surface area contributed by atoms with Crippen LogP contribution < -0.4 is 4.90 Å². The molecule has 1 unspecified atom stereocenters. The summed E-state index contributed by atoms with van der Waals surface area (Å²) in [6, 6.07) is 8.91. The Labute approximate surface area is 121 Å². The lowest BCUT2D eigenvalue weighted by molar-refractivity contribution is 0.273. The normalized spacial score (nSPS) is 13.4. The van der Waals surface area contributed by atoms with E-state index in [1.165, 1.54) is 11.3 Å². The van der Waals surface area contributed by atoms with Crippen molar-refractivity contribution in [2.75, 3.05) is 23.8 Å². The van der Waals surface area contributed by atoms with Crippen LogP contribution in [-0.2, 0) is 6.42 Å². The van der Waals surface area contributed by atoms with Crippen LogP contribution in [0.2, 0.25) is 0 Å². The third-order valence-electron chi connectivity index (χ3n) is 3.69. The maximum absolute atomic E-state index is 3.65. The van der Waals surface area contributed by atoms with Gasteiger partial charge in [-0.3, -0.25) is 0 Å². The Bertz CT molecular complexity index is 350. The number of rotatable bonds is 5. The second-order valence-corrected chi connectivity index (χ2v) is 6.77. The van der Waals surface area contributed by atoms with Crippen molar-refractivity contribution in [3.8, 4) is 0 Å². The fraction of sp³-hybridized carbons (Fsp3) is 0.625. The van der Waals surface area contributed by atoms with E-state index < -0.39 is 0 Å². The molecule has 0 aliphatic rings. The molecule has 102 valence electrons. The van der Waals surface area contributed by atoms with Gasteiger partial charge in [-0.25, -0.2) is 0 Å². The summed E-state index contributed by atoms with van der Waals surface area (Å²) in [4.78, 5) is 2.36. The van der Waals surface area contributed by atoms with Crippen molar-refractivity contribution >= 4 is 21.6 Å². The van der Waals surface area contributed by atoms with E-state index in [0.717, 1.165) is 18.3 Å². The molecule has 0 saturated heterocycles. The Morgan fingerprint density at radius 1 is 1.17 bits per heavy atom. The van der Waals surface area contributed by atoms with Crippen LogP contribution in [0, 0.1) is 11.3 Å². The maximum atomic E-state index is 3.65. The molecule has 1 aromatic carbocycles. The molecule has 0 N–H and O–H groups in total. The summed E-state index contributed by atoms with van der Waals surface area (Å²) in [6.45, 7) is 10.2. The fourth-order valence-corrected chi connectivity index (χ4v) is 3.15. The number of aryl methyl sites for hydroxylation is 1. The highest BCUT2D eigenvalue weighted by molar-refractivity contribution is 9.09. The minimum absolute atomic E-state index is 0.334. The average Bonchev–Trinajstić information content (AvgIpc) is 2.34. The van der Waals surface area contributed by atoms with Gasteiger partial charge in [0, 0.05) is 24.6 Å². The molecule has 0 heterocycles. The Balaban J connectivity index is 2.71. The largest absolute Gasteiger partial charge is 0.374 e. The molecule has 18 heavy (non-hydrogen) atoms. The van der Waals surface area contributed by atoms with Crippen molar-refractivity contribution in [3.05, 3.63) is 29.8 Å². The number of anilines is 1. The van der Waals surface area contributed by atoms with Crippen LogP contribution in [0.5, 0.6) is 0 Å². The van der Waals surface area contributed by atoms with E-state index in [9.17, 15) is 0 Å². The van der Waals surface area contributed by atoms with Gasteiger partial charge in [-0.05, 0) is 35.4 Å². The third-order valence-corrected chi connectivity index (χ3v) is 4.47. The predicted molar refractivity (Wildman–Crippen MR) is 85.8 cm³/mol. The van der Waals surface area contributed by atoms with Gasteiger partial charge in [-0.2, -0.15) is 0 Å². The van der Waals surface area contributed by atoms with Gasteiger partial charge in [0.2, 0.25) is 0 Å². The zero-order valence-electron chi connectivity index (χ0n) is 12.3. The monoisotopic (exact) mass is 311 g/mol. The number of hydrogen-bond donors (Lipinski definition) is 0. The van der Waals surface area contributed by atoms with Crippen LogP contribution in [0.3, 0.4) is 0 Å². The van der Waals surface area contributed by atoms with Gasteiger partial charge < -0.3 is 4.90 Å². The Morgan fingerprint density at radius 2 is 1.72 bits per heavy atom. The Morgan fingerprint density at radius 3 is 2.11 bits per heavy atom. The van der Waals surface area contributed by atoms with Crippen LogP contribution in [0.25, 0.3) is 0 Å². The number of nitrogens with zero attached hydrogens (tertiary/aromatic N) is 1. The smallest absolute Gasteiger partial charge is 0.0363 e. The first-order valence-corrected chi connectivity index (χ1v) is 7.86. The average molecular weight is 312 g/mol. The summed E-state index contributed by atoms with van der Waals surface area (Å²) in [5.74, 6) is 0.647. The molecule has 1 rings (SSSR count). The maximum Gasteiger partial charge on any atom is 0.0363 e. The first-order chi connectivity index (χ1) is 8.38. The van der Waals surface area contributed by atoms with Gasteiger partial charge in [0.25, 0.3) is 0 Å². The van der Waals surface area contributed by atoms with Crippen LogP contribution >= 0.6 is 15.9 Å². The Hall–Kier alpha value is -0.500. The van der Waals surface area contributed by atoms with Gasteiger partial charge in [-0.15, -0.1) is 0 Å². The molecule has 1 aromatic rings. The van der Waals surface area contributed by atoms with Crippen LogP contribution in [0.15, 0.2) is 24.3 Å². The van der Waals surface area contributed by atoms with Gasteiger partial charge in [-0.1, -0.05) is 55.8 Å². The second kappa shape index (κ2) is 6.60. The van der Waals surface area contributed by atoms with Gasteiger partial charge >= 0.3 is 0 Å². The molecular formula is C16H26BrN. The van der Waals surface area contributed by atoms with Crippen molar-refractivity contribution < 1.29 is 0 Å². The molecule has 1 atom stereocenters. The summed E-state index contributed by atoms with van der Waals surface area (Å²) in [7, 11) is 2.18. The van der Waals surface area contributed by atoms with E-state index in [1.54, 1.807) is 0 Å². The highest BCUT2D eigenvalue weighted by Crippen LogP contribution is 2.29. The van der Waals surface area contributed by atoms with Crippen molar-refractivity contribution in [3.63, 3.8) is 0 Å². The number of hydrogen-bond acceptors (Lipinski definition) is 1. The summed E-state index contributed by atoms with van der Waals surface area (Å²) in [5, 5.41) is 1.05. The summed E-state index contributed by atoms with van der Waals surface area (Å²) < 4.78 is 0. The molecule has 0 spiro atoms. The van der Waals surface area contributed by atoms with E-state index in [0.29, 0.717) is 11.3 Å². The molecule has 0 aliphatic carbocycles. The standard InChI is InChI=1S/C16H26BrN/c1-6-13-7-9-15(10-8-13)18(5)12-14(11-17)16(2,3)4/h7-10,14H,6,11-12H2,1-5H3. The quantitative estimate of drug-likeness (QED) is 0.710. The van der Waals surface area contributed by atoms with Gasteiger partial charge in [0.15, 0.2) is 0 Å². The van der Waals surface area contributed by atoms with Crippen molar-refractivity contribution in [1.29, 1.82) is 0 Å². The van der Waals surface area contributed by atoms with E-state index >= 15 is 0 Å². The molecule has 0 amide bonds. The summed E-state index contributed by atoms with van der Waals surface area (Å²) in [6.07, 6.45) is 1.11. The topological polar surface area (TPSA) is 3.24 Å². The zero-order chi connectivity index (χ0) is 13.8. The molecule has 0 bridgehead atoms. The minimum atomic E-state index is 0.334. The number of benzene rings is 1. The van der Waals surface area contributed by atoms with E-state index in [-0.39, 0.29) is 0 Å². The lowest BCUT2D eigenvalue weighted by Crippen LogP contribution is -2.34. The third kappa shape index (κ3) is 4.31. The molecule has 0 fully saturated rings. The predicted octanol–water partition coefficient (Wildman–Crippen LogP) is 4.74. The fourth-order valence-electron chi connectivity index (χ4n) is 1.98. The molecule has 2 heteroatoms. The van der Waals surface area contributed by atoms with Crippen LogP contribution in [0.1, 0.15) is 33.3 Å². The highest BCUT2D eigenvalue weighted by Gasteiger charge is 2.24. The highest BCUT2D eigenvalue weighted by atomic mass is 79.9. The summed E-state index contributed by atoms with van der Waals surface area (Å²) >= 11 is 3.65. The molecule has 0 saturated carbocycles. The molecule has 1 nitrogen and oxygen atoms in total. The summed E-state index contributed by atoms with van der Waals surface area (Å²) in [5.41, 5.74) is 3.05. The lowest BCUT2D eigenvalue weighted by Gasteiger charge is -2.33. The zero-order valence-corrected chi connectivity index (χ0v) is 13.9. The number of halogens is 1. The van der Waals surface area contributed by atoms with Crippen molar-refractivity contribution in [1.82, 2.24) is 0 Å². The molecule has 0 radical (unpaired) electrons. The van der Waals surface area contributed by atoms with E-state index in [2.05, 4.69) is 79.8 Å². The van der Waals surface area contributed by atoms with Gasteiger partial charge in [0.1, 0.15) is 0 Å². The first-order valence-electron chi connectivity index (χ1n) is 6.74.